The van der Waals surface area contributed by atoms with Crippen LogP contribution < -0.4 is 5.32 Å². The minimum Gasteiger partial charge on any atom is -0.393 e. The average molecular weight is 276 g/mol. The summed E-state index contributed by atoms with van der Waals surface area (Å²) >= 11 is 0. The maximum absolute atomic E-state index is 12.1. The van der Waals surface area contributed by atoms with Crippen LogP contribution in [0.4, 0.5) is 0 Å². The van der Waals surface area contributed by atoms with Crippen LogP contribution in [0.15, 0.2) is 24.3 Å². The average Bonchev–Trinajstić information content (AvgIpc) is 2.81. The highest BCUT2D eigenvalue weighted by molar-refractivity contribution is 5.94. The molecule has 20 heavy (non-hydrogen) atoms. The Labute approximate surface area is 120 Å². The van der Waals surface area contributed by atoms with Crippen molar-refractivity contribution in [2.75, 3.05) is 20.6 Å². The molecule has 0 bridgehead atoms. The molecule has 1 aromatic carbocycles. The van der Waals surface area contributed by atoms with E-state index in [9.17, 15) is 9.90 Å². The van der Waals surface area contributed by atoms with Crippen LogP contribution in [0.5, 0.6) is 0 Å². The summed E-state index contributed by atoms with van der Waals surface area (Å²) in [6.07, 6.45) is 2.66. The lowest BCUT2D eigenvalue weighted by Gasteiger charge is -2.15. The van der Waals surface area contributed by atoms with Gasteiger partial charge in [-0.1, -0.05) is 18.6 Å². The largest absolute Gasteiger partial charge is 0.393 e. The first-order chi connectivity index (χ1) is 9.56. The van der Waals surface area contributed by atoms with Crippen LogP contribution in [0, 0.1) is 5.92 Å². The fourth-order valence-corrected chi connectivity index (χ4v) is 2.76. The summed E-state index contributed by atoms with van der Waals surface area (Å²) in [5.74, 6) is 0.161. The Bertz CT molecular complexity index is 460. The van der Waals surface area contributed by atoms with Gasteiger partial charge in [-0.2, -0.15) is 0 Å². The highest BCUT2D eigenvalue weighted by Crippen LogP contribution is 2.24. The zero-order valence-corrected chi connectivity index (χ0v) is 12.3. The van der Waals surface area contributed by atoms with Gasteiger partial charge in [-0.3, -0.25) is 4.79 Å². The van der Waals surface area contributed by atoms with Gasteiger partial charge in [-0.15, -0.1) is 0 Å². The molecule has 1 aromatic rings. The molecule has 2 unspecified atom stereocenters. The first-order valence-corrected chi connectivity index (χ1v) is 7.26. The van der Waals surface area contributed by atoms with E-state index in [1.165, 1.54) is 0 Å². The molecule has 0 saturated heterocycles. The van der Waals surface area contributed by atoms with E-state index >= 15 is 0 Å². The van der Waals surface area contributed by atoms with Gasteiger partial charge in [0, 0.05) is 24.6 Å². The number of rotatable bonds is 5. The molecule has 0 spiro atoms. The molecule has 0 aliphatic heterocycles. The summed E-state index contributed by atoms with van der Waals surface area (Å²) in [7, 11) is 4.02. The minimum absolute atomic E-state index is 0.0512. The van der Waals surface area contributed by atoms with Crippen molar-refractivity contribution in [3.63, 3.8) is 0 Å². The van der Waals surface area contributed by atoms with Crippen LogP contribution in [0.1, 0.15) is 35.2 Å². The van der Waals surface area contributed by atoms with E-state index in [-0.39, 0.29) is 17.9 Å². The van der Waals surface area contributed by atoms with Gasteiger partial charge in [0.1, 0.15) is 0 Å². The van der Waals surface area contributed by atoms with Gasteiger partial charge in [-0.05, 0) is 44.6 Å². The molecule has 1 fully saturated rings. The molecule has 0 aromatic heterocycles. The molecule has 4 heteroatoms. The standard InChI is InChI=1S/C16H24N2O2/c1-18(2)11-12-5-3-6-13(9-12)16(20)17-10-14-7-4-8-15(14)19/h3,5-6,9,14-15,19H,4,7-8,10-11H2,1-2H3,(H,17,20). The number of carbonyl (C=O) groups excluding carboxylic acids is 1. The van der Waals surface area contributed by atoms with Gasteiger partial charge in [0.15, 0.2) is 0 Å². The number of hydrogen-bond acceptors (Lipinski definition) is 3. The van der Waals surface area contributed by atoms with Crippen molar-refractivity contribution in [3.05, 3.63) is 35.4 Å². The summed E-state index contributed by atoms with van der Waals surface area (Å²) < 4.78 is 0. The van der Waals surface area contributed by atoms with Crippen molar-refractivity contribution in [2.24, 2.45) is 5.92 Å². The Kier molecular flexibility index (Phi) is 5.15. The number of hydrogen-bond donors (Lipinski definition) is 2. The van der Waals surface area contributed by atoms with E-state index in [0.29, 0.717) is 12.1 Å². The van der Waals surface area contributed by atoms with Crippen LogP contribution in [0.3, 0.4) is 0 Å². The third-order valence-corrected chi connectivity index (χ3v) is 3.83. The maximum Gasteiger partial charge on any atom is 0.251 e. The van der Waals surface area contributed by atoms with E-state index < -0.39 is 0 Å². The molecule has 4 nitrogen and oxygen atoms in total. The van der Waals surface area contributed by atoms with Crippen molar-refractivity contribution >= 4 is 5.91 Å². The number of amides is 1. The van der Waals surface area contributed by atoms with Gasteiger partial charge < -0.3 is 15.3 Å². The third-order valence-electron chi connectivity index (χ3n) is 3.83. The molecule has 2 rings (SSSR count). The normalized spacial score (nSPS) is 22.2. The van der Waals surface area contributed by atoms with E-state index in [1.807, 2.05) is 38.4 Å². The van der Waals surface area contributed by atoms with Crippen molar-refractivity contribution < 1.29 is 9.90 Å². The van der Waals surface area contributed by atoms with Crippen LogP contribution in [0.25, 0.3) is 0 Å². The Morgan fingerprint density at radius 1 is 1.40 bits per heavy atom. The number of nitrogens with zero attached hydrogens (tertiary/aromatic N) is 1. The summed E-state index contributed by atoms with van der Waals surface area (Å²) in [6, 6.07) is 7.70. The first kappa shape index (κ1) is 15.0. The predicted molar refractivity (Wildman–Crippen MR) is 79.5 cm³/mol. The highest BCUT2D eigenvalue weighted by atomic mass is 16.3. The lowest BCUT2D eigenvalue weighted by atomic mass is 10.1. The molecule has 2 N–H and O–H groups in total. The molecule has 2 atom stereocenters. The van der Waals surface area contributed by atoms with Crippen LogP contribution in [-0.4, -0.2) is 42.7 Å². The zero-order valence-electron chi connectivity index (χ0n) is 12.3. The van der Waals surface area contributed by atoms with E-state index in [0.717, 1.165) is 31.4 Å². The smallest absolute Gasteiger partial charge is 0.251 e. The lowest BCUT2D eigenvalue weighted by molar-refractivity contribution is 0.0916. The molecular formula is C16H24N2O2. The first-order valence-electron chi connectivity index (χ1n) is 7.26. The predicted octanol–water partition coefficient (Wildman–Crippen LogP) is 1.64. The fourth-order valence-electron chi connectivity index (χ4n) is 2.76. The van der Waals surface area contributed by atoms with Crippen LogP contribution in [-0.2, 0) is 6.54 Å². The van der Waals surface area contributed by atoms with Gasteiger partial charge in [0.2, 0.25) is 0 Å². The molecule has 1 saturated carbocycles. The molecule has 110 valence electrons. The topological polar surface area (TPSA) is 52.6 Å². The number of benzene rings is 1. The van der Waals surface area contributed by atoms with Gasteiger partial charge in [0.05, 0.1) is 6.10 Å². The fraction of sp³-hybridized carbons (Fsp3) is 0.562. The minimum atomic E-state index is -0.254. The number of carbonyl (C=O) groups is 1. The maximum atomic E-state index is 12.1. The quantitative estimate of drug-likeness (QED) is 0.859. The van der Waals surface area contributed by atoms with Crippen LogP contribution in [0.2, 0.25) is 0 Å². The molecule has 1 aliphatic rings. The number of aliphatic hydroxyl groups excluding tert-OH is 1. The second-order valence-corrected chi connectivity index (χ2v) is 5.91. The van der Waals surface area contributed by atoms with Crippen molar-refractivity contribution in [1.82, 2.24) is 10.2 Å². The Balaban J connectivity index is 1.91. The second kappa shape index (κ2) is 6.86. The Hall–Kier alpha value is -1.39. The molecule has 0 radical (unpaired) electrons. The monoisotopic (exact) mass is 276 g/mol. The van der Waals surface area contributed by atoms with Gasteiger partial charge >= 0.3 is 0 Å². The summed E-state index contributed by atoms with van der Waals surface area (Å²) in [5.41, 5.74) is 1.82. The highest BCUT2D eigenvalue weighted by Gasteiger charge is 2.25. The van der Waals surface area contributed by atoms with Crippen molar-refractivity contribution in [3.8, 4) is 0 Å². The molecular weight excluding hydrogens is 252 g/mol. The molecule has 1 aliphatic carbocycles. The SMILES string of the molecule is CN(C)Cc1cccc(C(=O)NCC2CCCC2O)c1. The molecule has 0 heterocycles. The summed E-state index contributed by atoms with van der Waals surface area (Å²) in [6.45, 7) is 1.39. The number of aliphatic hydroxyl groups is 1. The van der Waals surface area contributed by atoms with Crippen LogP contribution >= 0.6 is 0 Å². The van der Waals surface area contributed by atoms with E-state index in [1.54, 1.807) is 0 Å². The second-order valence-electron chi connectivity index (χ2n) is 5.91. The van der Waals surface area contributed by atoms with Crippen molar-refractivity contribution in [1.29, 1.82) is 0 Å². The lowest BCUT2D eigenvalue weighted by Crippen LogP contribution is -2.32. The van der Waals surface area contributed by atoms with E-state index in [4.69, 9.17) is 0 Å². The third kappa shape index (κ3) is 4.05. The van der Waals surface area contributed by atoms with Gasteiger partial charge in [-0.25, -0.2) is 0 Å². The Morgan fingerprint density at radius 2 is 2.20 bits per heavy atom. The summed E-state index contributed by atoms with van der Waals surface area (Å²) in [5, 5.41) is 12.7. The van der Waals surface area contributed by atoms with E-state index in [2.05, 4.69) is 10.2 Å². The zero-order chi connectivity index (χ0) is 14.5. The Morgan fingerprint density at radius 3 is 2.85 bits per heavy atom. The van der Waals surface area contributed by atoms with Crippen molar-refractivity contribution in [2.45, 2.75) is 31.9 Å². The van der Waals surface area contributed by atoms with Gasteiger partial charge in [0.25, 0.3) is 5.91 Å². The summed E-state index contributed by atoms with van der Waals surface area (Å²) in [4.78, 5) is 14.2. The number of nitrogens with one attached hydrogen (secondary N) is 1. The molecule has 1 amide bonds.